The maximum Gasteiger partial charge on any atom is 3.00 e. The molecule has 17 heteroatoms. The van der Waals surface area contributed by atoms with Gasteiger partial charge in [0.05, 0.1) is 17.9 Å². The van der Waals surface area contributed by atoms with Gasteiger partial charge in [0.2, 0.25) is 0 Å². The predicted molar refractivity (Wildman–Crippen MR) is 93.7 cm³/mol. The Labute approximate surface area is 215 Å². The minimum Gasteiger partial charge on any atom is -0.550 e. The van der Waals surface area contributed by atoms with Crippen LogP contribution in [0.2, 0.25) is 0 Å². The molecule has 0 spiro atoms. The van der Waals surface area contributed by atoms with Crippen LogP contribution in [0.5, 0.6) is 0 Å². The number of thiol groups is 3. The summed E-state index contributed by atoms with van der Waals surface area (Å²) in [5, 5.41) is 54.5. The summed E-state index contributed by atoms with van der Waals surface area (Å²) in [4.78, 5) is 58.3. The molecule has 0 aliphatic carbocycles. The third-order valence-corrected chi connectivity index (χ3v) is 3.08. The first-order valence-electron chi connectivity index (χ1n) is 6.38. The Kier molecular flexibility index (Phi) is 29.9. The first-order chi connectivity index (χ1) is 12.1. The standard InChI is InChI=1S/3C4H6O4S.2Sb/c3*5-3(6)1-2(9)4(7)8;;/h3*2,9H,1H2,(H,5,6)(H,7,8);;/q;;;2*+3/p-6. The Morgan fingerprint density at radius 1 is 0.483 bits per heavy atom. The molecule has 3 unspecified atom stereocenters. The van der Waals surface area contributed by atoms with Gasteiger partial charge in [0, 0.05) is 52.9 Å². The van der Waals surface area contributed by atoms with Crippen molar-refractivity contribution < 1.29 is 59.4 Å². The molecule has 0 saturated heterocycles. The number of carbonyl (C=O) groups is 6. The summed E-state index contributed by atoms with van der Waals surface area (Å²) in [5.41, 5.74) is 0. The number of carboxylic acids is 6. The van der Waals surface area contributed by atoms with Crippen molar-refractivity contribution in [1.29, 1.82) is 0 Å². The number of hydrogen-bond donors (Lipinski definition) is 3. The zero-order chi connectivity index (χ0) is 22.3. The van der Waals surface area contributed by atoms with Crippen molar-refractivity contribution in [2.24, 2.45) is 0 Å². The van der Waals surface area contributed by atoms with Crippen LogP contribution >= 0.6 is 37.9 Å². The van der Waals surface area contributed by atoms with Crippen molar-refractivity contribution in [3.05, 3.63) is 0 Å². The van der Waals surface area contributed by atoms with Crippen LogP contribution in [0.4, 0.5) is 0 Å². The Morgan fingerprint density at radius 2 is 0.621 bits per heavy atom. The first-order valence-corrected chi connectivity index (χ1v) is 7.92. The molecule has 29 heavy (non-hydrogen) atoms. The smallest absolute Gasteiger partial charge is 0.550 e. The second-order valence-electron chi connectivity index (χ2n) is 4.23. The van der Waals surface area contributed by atoms with E-state index < -0.39 is 70.8 Å². The molecule has 0 aromatic carbocycles. The Bertz CT molecular complexity index is 484. The van der Waals surface area contributed by atoms with Gasteiger partial charge in [-0.2, -0.15) is 37.9 Å². The van der Waals surface area contributed by atoms with Gasteiger partial charge < -0.3 is 59.4 Å². The molecule has 0 fully saturated rings. The van der Waals surface area contributed by atoms with Crippen molar-refractivity contribution in [3.63, 3.8) is 0 Å². The molecular weight excluding hydrogens is 676 g/mol. The molecule has 4 radical (unpaired) electrons. The monoisotopic (exact) mass is 686 g/mol. The molecule has 0 aromatic rings. The molecular formula is C12H12O12S3Sb2. The molecule has 0 bridgehead atoms. The topological polar surface area (TPSA) is 241 Å². The van der Waals surface area contributed by atoms with Crippen molar-refractivity contribution in [2.75, 3.05) is 0 Å². The maximum atomic E-state index is 9.76. The van der Waals surface area contributed by atoms with E-state index >= 15 is 0 Å². The van der Waals surface area contributed by atoms with Gasteiger partial charge in [-0.1, -0.05) is 0 Å². The number of rotatable bonds is 9. The average molecular weight is 688 g/mol. The quantitative estimate of drug-likeness (QED) is 0.151. The predicted octanol–water partition coefficient (Wildman–Crippen LogP) is -9.24. The maximum absolute atomic E-state index is 9.76. The van der Waals surface area contributed by atoms with Crippen LogP contribution in [-0.4, -0.2) is 100 Å². The van der Waals surface area contributed by atoms with Crippen molar-refractivity contribution in [3.8, 4) is 0 Å². The average Bonchev–Trinajstić information content (AvgIpc) is 2.46. The van der Waals surface area contributed by atoms with Gasteiger partial charge in [0.15, 0.2) is 0 Å². The third kappa shape index (κ3) is 32.4. The second-order valence-corrected chi connectivity index (χ2v) is 6.10. The van der Waals surface area contributed by atoms with Crippen LogP contribution in [0.1, 0.15) is 19.3 Å². The fraction of sp³-hybridized carbons (Fsp3) is 0.500. The van der Waals surface area contributed by atoms with Gasteiger partial charge in [-0.05, 0) is 0 Å². The first kappa shape index (κ1) is 39.0. The van der Waals surface area contributed by atoms with Gasteiger partial charge in [-0.25, -0.2) is 0 Å². The SMILES string of the molecule is O=C([O-])CC(S)C(=O)[O-].O=C([O-])CC(S)C(=O)[O-].O=C([O-])CC(S)C(=O)[O-].[Sb+3].[Sb+3]. The summed E-state index contributed by atoms with van der Waals surface area (Å²) in [6, 6.07) is 0. The number of carboxylic acid groups (broad SMARTS) is 6. The molecule has 0 heterocycles. The Balaban J connectivity index is -0.0000000960. The van der Waals surface area contributed by atoms with Crippen LogP contribution < -0.4 is 30.6 Å². The van der Waals surface area contributed by atoms with Gasteiger partial charge >= 0.3 is 48.9 Å². The van der Waals surface area contributed by atoms with Crippen molar-refractivity contribution in [2.45, 2.75) is 35.0 Å². The summed E-state index contributed by atoms with van der Waals surface area (Å²) in [5.74, 6) is -8.83. The van der Waals surface area contributed by atoms with E-state index in [0.717, 1.165) is 0 Å². The molecule has 0 aromatic heterocycles. The molecule has 12 nitrogen and oxygen atoms in total. The number of aliphatic carboxylic acids is 6. The molecule has 0 N–H and O–H groups in total. The minimum absolute atomic E-state index is 0. The molecule has 160 valence electrons. The van der Waals surface area contributed by atoms with Crippen molar-refractivity contribution in [1.82, 2.24) is 0 Å². The van der Waals surface area contributed by atoms with Crippen LogP contribution in [0.25, 0.3) is 0 Å². The molecule has 0 rings (SSSR count). The summed E-state index contributed by atoms with van der Waals surface area (Å²) < 4.78 is 0. The van der Waals surface area contributed by atoms with Crippen LogP contribution in [0, 0.1) is 0 Å². The minimum atomic E-state index is -1.50. The van der Waals surface area contributed by atoms with Gasteiger partial charge in [0.1, 0.15) is 0 Å². The van der Waals surface area contributed by atoms with E-state index in [2.05, 4.69) is 37.9 Å². The van der Waals surface area contributed by atoms with E-state index in [1.54, 1.807) is 0 Å². The van der Waals surface area contributed by atoms with E-state index in [1.165, 1.54) is 0 Å². The van der Waals surface area contributed by atoms with Gasteiger partial charge in [0.25, 0.3) is 0 Å². The van der Waals surface area contributed by atoms with E-state index in [1.807, 2.05) is 0 Å². The molecule has 3 atom stereocenters. The van der Waals surface area contributed by atoms with Crippen LogP contribution in [0.15, 0.2) is 0 Å². The molecule has 0 aliphatic rings. The van der Waals surface area contributed by atoms with E-state index in [-0.39, 0.29) is 48.9 Å². The fourth-order valence-corrected chi connectivity index (χ4v) is 1.17. The third-order valence-electron chi connectivity index (χ3n) is 1.90. The zero-order valence-corrected chi connectivity index (χ0v) is 21.8. The number of hydrogen-bond acceptors (Lipinski definition) is 15. The molecule has 0 saturated carbocycles. The second kappa shape index (κ2) is 22.2. The van der Waals surface area contributed by atoms with Gasteiger partial charge in [-0.3, -0.25) is 0 Å². The number of carbonyl (C=O) groups excluding carboxylic acids is 6. The summed E-state index contributed by atoms with van der Waals surface area (Å²) in [6.45, 7) is 0. The largest absolute Gasteiger partial charge is 3.00 e. The van der Waals surface area contributed by atoms with E-state index in [9.17, 15) is 59.4 Å². The van der Waals surface area contributed by atoms with Crippen LogP contribution in [0.3, 0.4) is 0 Å². The van der Waals surface area contributed by atoms with Crippen molar-refractivity contribution >= 4 is 123 Å². The summed E-state index contributed by atoms with van der Waals surface area (Å²) in [7, 11) is 0. The van der Waals surface area contributed by atoms with Crippen LogP contribution in [-0.2, 0) is 28.8 Å². The molecule has 0 amide bonds. The molecule has 0 aliphatic heterocycles. The summed E-state index contributed by atoms with van der Waals surface area (Å²) in [6.07, 6.45) is -1.86. The van der Waals surface area contributed by atoms with E-state index in [4.69, 9.17) is 0 Å². The zero-order valence-electron chi connectivity index (χ0n) is 14.0. The normalized spacial score (nSPS) is 11.7. The Morgan fingerprint density at radius 3 is 0.655 bits per heavy atom. The summed E-state index contributed by atoms with van der Waals surface area (Å²) >= 11 is 10.1. The fourth-order valence-electron chi connectivity index (χ4n) is 0.724. The Hall–Kier alpha value is -0.494. The van der Waals surface area contributed by atoms with Gasteiger partial charge in [-0.15, -0.1) is 0 Å². The van der Waals surface area contributed by atoms with E-state index in [0.29, 0.717) is 0 Å².